The zero-order chi connectivity index (χ0) is 16.1. The van der Waals surface area contributed by atoms with Crippen LogP contribution < -0.4 is 10.6 Å². The van der Waals surface area contributed by atoms with Crippen LogP contribution in [0.15, 0.2) is 12.3 Å². The van der Waals surface area contributed by atoms with Crippen molar-refractivity contribution < 1.29 is 9.59 Å². The van der Waals surface area contributed by atoms with E-state index in [0.29, 0.717) is 11.7 Å². The zero-order valence-corrected chi connectivity index (χ0v) is 13.5. The second-order valence-electron chi connectivity index (χ2n) is 6.31. The van der Waals surface area contributed by atoms with E-state index in [1.165, 1.54) is 6.42 Å². The summed E-state index contributed by atoms with van der Waals surface area (Å²) >= 11 is 0. The van der Waals surface area contributed by atoms with Gasteiger partial charge < -0.3 is 15.5 Å². The fraction of sp³-hybridized carbons (Fsp3) is 0.688. The van der Waals surface area contributed by atoms with Gasteiger partial charge in [0.1, 0.15) is 5.69 Å². The summed E-state index contributed by atoms with van der Waals surface area (Å²) in [6, 6.07) is 2.02. The molecule has 2 N–H and O–H groups in total. The van der Waals surface area contributed by atoms with Crippen LogP contribution in [0.2, 0.25) is 0 Å². The number of aromatic nitrogens is 2. The molecule has 0 aliphatic carbocycles. The molecule has 3 heterocycles. The summed E-state index contributed by atoms with van der Waals surface area (Å²) in [6.45, 7) is 3.59. The number of piperidine rings is 2. The molecule has 1 aromatic rings. The molecule has 7 nitrogen and oxygen atoms in total. The number of likely N-dealkylation sites (tertiary alicyclic amines) is 1. The third-order valence-electron chi connectivity index (χ3n) is 4.59. The van der Waals surface area contributed by atoms with Crippen LogP contribution in [0.5, 0.6) is 0 Å². The first-order valence-corrected chi connectivity index (χ1v) is 8.56. The van der Waals surface area contributed by atoms with E-state index in [2.05, 4.69) is 15.7 Å². The SMILES string of the molecule is O=C(NCC(=O)N1CCCCC1)c1ccn(C2CCCNC2)n1. The lowest BCUT2D eigenvalue weighted by atomic mass is 10.1. The average Bonchev–Trinajstić information content (AvgIpc) is 3.11. The topological polar surface area (TPSA) is 79.3 Å². The van der Waals surface area contributed by atoms with Crippen LogP contribution in [0.3, 0.4) is 0 Å². The molecule has 0 radical (unpaired) electrons. The first kappa shape index (κ1) is 16.0. The number of carbonyl (C=O) groups excluding carboxylic acids is 2. The Labute approximate surface area is 136 Å². The summed E-state index contributed by atoms with van der Waals surface area (Å²) in [5, 5.41) is 10.4. The molecule has 3 rings (SSSR count). The Hall–Kier alpha value is -1.89. The van der Waals surface area contributed by atoms with Crippen molar-refractivity contribution in [3.63, 3.8) is 0 Å². The Kier molecular flexibility index (Phi) is 5.27. The molecule has 0 saturated carbocycles. The number of nitrogens with zero attached hydrogens (tertiary/aromatic N) is 3. The van der Waals surface area contributed by atoms with Crippen LogP contribution >= 0.6 is 0 Å². The van der Waals surface area contributed by atoms with E-state index in [4.69, 9.17) is 0 Å². The molecule has 1 atom stereocenters. The zero-order valence-electron chi connectivity index (χ0n) is 13.5. The van der Waals surface area contributed by atoms with Crippen LogP contribution in [-0.4, -0.2) is 59.2 Å². The lowest BCUT2D eigenvalue weighted by molar-refractivity contribution is -0.130. The van der Waals surface area contributed by atoms with E-state index in [1.807, 2.05) is 15.8 Å². The van der Waals surface area contributed by atoms with Gasteiger partial charge in [0.05, 0.1) is 12.6 Å². The Morgan fingerprint density at radius 1 is 1.26 bits per heavy atom. The van der Waals surface area contributed by atoms with Gasteiger partial charge in [-0.05, 0) is 44.7 Å². The third kappa shape index (κ3) is 4.10. The molecule has 2 fully saturated rings. The van der Waals surface area contributed by atoms with Gasteiger partial charge in [0, 0.05) is 25.8 Å². The molecule has 2 aliphatic heterocycles. The molecule has 7 heteroatoms. The summed E-state index contributed by atoms with van der Waals surface area (Å²) < 4.78 is 1.85. The lowest BCUT2D eigenvalue weighted by Crippen LogP contribution is -2.42. The van der Waals surface area contributed by atoms with Crippen LogP contribution in [0.4, 0.5) is 0 Å². The Balaban J connectivity index is 1.50. The van der Waals surface area contributed by atoms with Crippen molar-refractivity contribution in [2.24, 2.45) is 0 Å². The van der Waals surface area contributed by atoms with Crippen LogP contribution in [0.1, 0.15) is 48.6 Å². The smallest absolute Gasteiger partial charge is 0.272 e. The molecular weight excluding hydrogens is 294 g/mol. The van der Waals surface area contributed by atoms with E-state index < -0.39 is 0 Å². The van der Waals surface area contributed by atoms with E-state index in [0.717, 1.165) is 51.9 Å². The minimum Gasteiger partial charge on any atom is -0.342 e. The molecular formula is C16H25N5O2. The third-order valence-corrected chi connectivity index (χ3v) is 4.59. The van der Waals surface area contributed by atoms with Gasteiger partial charge in [-0.1, -0.05) is 0 Å². The quantitative estimate of drug-likeness (QED) is 0.849. The van der Waals surface area contributed by atoms with Crippen molar-refractivity contribution in [2.75, 3.05) is 32.7 Å². The van der Waals surface area contributed by atoms with Crippen molar-refractivity contribution in [1.29, 1.82) is 0 Å². The van der Waals surface area contributed by atoms with Gasteiger partial charge in [-0.2, -0.15) is 5.10 Å². The lowest BCUT2D eigenvalue weighted by Gasteiger charge is -2.26. The van der Waals surface area contributed by atoms with Crippen molar-refractivity contribution in [1.82, 2.24) is 25.3 Å². The maximum Gasteiger partial charge on any atom is 0.272 e. The van der Waals surface area contributed by atoms with Gasteiger partial charge in [-0.25, -0.2) is 0 Å². The summed E-state index contributed by atoms with van der Waals surface area (Å²) in [7, 11) is 0. The number of carbonyl (C=O) groups is 2. The number of hydrogen-bond donors (Lipinski definition) is 2. The van der Waals surface area contributed by atoms with Crippen LogP contribution in [0.25, 0.3) is 0 Å². The molecule has 1 aromatic heterocycles. The molecule has 23 heavy (non-hydrogen) atoms. The number of hydrogen-bond acceptors (Lipinski definition) is 4. The summed E-state index contributed by atoms with van der Waals surface area (Å²) in [5.41, 5.74) is 0.377. The van der Waals surface area contributed by atoms with Crippen molar-refractivity contribution in [3.8, 4) is 0 Å². The van der Waals surface area contributed by atoms with Crippen molar-refractivity contribution >= 4 is 11.8 Å². The number of rotatable bonds is 4. The van der Waals surface area contributed by atoms with Gasteiger partial charge in [-0.3, -0.25) is 14.3 Å². The predicted molar refractivity (Wildman–Crippen MR) is 86.1 cm³/mol. The van der Waals surface area contributed by atoms with Gasteiger partial charge in [0.25, 0.3) is 5.91 Å². The predicted octanol–water partition coefficient (Wildman–Crippen LogP) is 0.550. The van der Waals surface area contributed by atoms with Gasteiger partial charge >= 0.3 is 0 Å². The second-order valence-corrected chi connectivity index (χ2v) is 6.31. The normalized spacial score (nSPS) is 21.9. The van der Waals surface area contributed by atoms with Crippen molar-refractivity contribution in [3.05, 3.63) is 18.0 Å². The highest BCUT2D eigenvalue weighted by Crippen LogP contribution is 2.15. The van der Waals surface area contributed by atoms with Crippen molar-refractivity contribution in [2.45, 2.75) is 38.1 Å². The van der Waals surface area contributed by atoms with E-state index in [9.17, 15) is 9.59 Å². The standard InChI is InChI=1S/C16H25N5O2/c22-15(20-8-2-1-3-9-20)12-18-16(23)14-6-10-21(19-14)13-5-4-7-17-11-13/h6,10,13,17H,1-5,7-9,11-12H2,(H,18,23). The summed E-state index contributed by atoms with van der Waals surface area (Å²) in [4.78, 5) is 26.0. The highest BCUT2D eigenvalue weighted by molar-refractivity contribution is 5.94. The molecule has 1 unspecified atom stereocenters. The highest BCUT2D eigenvalue weighted by Gasteiger charge is 2.20. The maximum absolute atomic E-state index is 12.2. The molecule has 126 valence electrons. The fourth-order valence-electron chi connectivity index (χ4n) is 3.22. The number of nitrogens with one attached hydrogen (secondary N) is 2. The first-order chi connectivity index (χ1) is 11.2. The van der Waals surface area contributed by atoms with Crippen LogP contribution in [0, 0.1) is 0 Å². The van der Waals surface area contributed by atoms with Gasteiger partial charge in [-0.15, -0.1) is 0 Å². The maximum atomic E-state index is 12.2. The minimum absolute atomic E-state index is 0.00559. The fourth-order valence-corrected chi connectivity index (χ4v) is 3.22. The Morgan fingerprint density at radius 2 is 2.09 bits per heavy atom. The largest absolute Gasteiger partial charge is 0.342 e. The van der Waals surface area contributed by atoms with Crippen LogP contribution in [-0.2, 0) is 4.79 Å². The minimum atomic E-state index is -0.280. The summed E-state index contributed by atoms with van der Waals surface area (Å²) in [6.07, 6.45) is 7.33. The van der Waals surface area contributed by atoms with E-state index in [-0.39, 0.29) is 18.4 Å². The molecule has 2 amide bonds. The first-order valence-electron chi connectivity index (χ1n) is 8.56. The second kappa shape index (κ2) is 7.59. The highest BCUT2D eigenvalue weighted by atomic mass is 16.2. The molecule has 0 bridgehead atoms. The number of amides is 2. The Bertz CT molecular complexity index is 544. The average molecular weight is 319 g/mol. The van der Waals surface area contributed by atoms with E-state index in [1.54, 1.807) is 6.07 Å². The Morgan fingerprint density at radius 3 is 2.83 bits per heavy atom. The molecule has 2 saturated heterocycles. The molecule has 0 aromatic carbocycles. The van der Waals surface area contributed by atoms with Gasteiger partial charge in [0.15, 0.2) is 0 Å². The molecule has 2 aliphatic rings. The molecule has 0 spiro atoms. The monoisotopic (exact) mass is 319 g/mol. The summed E-state index contributed by atoms with van der Waals surface area (Å²) in [5.74, 6) is -0.285. The van der Waals surface area contributed by atoms with E-state index >= 15 is 0 Å². The van der Waals surface area contributed by atoms with Gasteiger partial charge in [0.2, 0.25) is 5.91 Å².